The number of fused-ring (bicyclic) bond motifs is 1. The predicted molar refractivity (Wildman–Crippen MR) is 76.4 cm³/mol. The summed E-state index contributed by atoms with van der Waals surface area (Å²) in [6.07, 6.45) is 0. The number of hydrogen-bond donors (Lipinski definition) is 1. The zero-order valence-electron chi connectivity index (χ0n) is 11.2. The Kier molecular flexibility index (Phi) is 3.50. The van der Waals surface area contributed by atoms with E-state index in [1.54, 1.807) is 34.9 Å². The van der Waals surface area contributed by atoms with Crippen molar-refractivity contribution in [3.05, 3.63) is 65.7 Å². The third-order valence-corrected chi connectivity index (χ3v) is 3.33. The van der Waals surface area contributed by atoms with Crippen LogP contribution in [0.15, 0.2) is 48.5 Å². The quantitative estimate of drug-likeness (QED) is 0.749. The van der Waals surface area contributed by atoms with Gasteiger partial charge in [0.25, 0.3) is 0 Å². The number of benzene rings is 2. The summed E-state index contributed by atoms with van der Waals surface area (Å²) < 4.78 is 14.8. The smallest absolute Gasteiger partial charge is 0.182 e. The van der Waals surface area contributed by atoms with Crippen LogP contribution in [0.2, 0.25) is 0 Å². The van der Waals surface area contributed by atoms with Crippen LogP contribution in [0, 0.1) is 5.82 Å². The summed E-state index contributed by atoms with van der Waals surface area (Å²) in [5.41, 5.74) is 1.65. The Morgan fingerprint density at radius 2 is 1.95 bits per heavy atom. The van der Waals surface area contributed by atoms with Gasteiger partial charge in [-0.05, 0) is 12.1 Å². The van der Waals surface area contributed by atoms with Gasteiger partial charge in [-0.1, -0.05) is 30.3 Å². The van der Waals surface area contributed by atoms with Gasteiger partial charge in [-0.25, -0.2) is 9.37 Å². The number of hydrogen-bond acceptors (Lipinski definition) is 3. The first-order valence-electron chi connectivity index (χ1n) is 6.53. The second-order valence-electron chi connectivity index (χ2n) is 4.69. The first-order valence-corrected chi connectivity index (χ1v) is 6.53. The van der Waals surface area contributed by atoms with Gasteiger partial charge in [0, 0.05) is 11.6 Å². The Balaban J connectivity index is 2.02. The molecule has 0 aliphatic heterocycles. The molecule has 0 fully saturated rings. The second kappa shape index (κ2) is 5.46. The van der Waals surface area contributed by atoms with E-state index in [4.69, 9.17) is 0 Å². The van der Waals surface area contributed by atoms with Crippen LogP contribution in [0.25, 0.3) is 11.0 Å². The van der Waals surface area contributed by atoms with E-state index in [-0.39, 0.29) is 18.9 Å². The molecule has 3 aromatic rings. The summed E-state index contributed by atoms with van der Waals surface area (Å²) in [4.78, 5) is 16.4. The Morgan fingerprint density at radius 3 is 2.67 bits per heavy atom. The molecule has 0 saturated heterocycles. The maximum Gasteiger partial charge on any atom is 0.182 e. The summed E-state index contributed by atoms with van der Waals surface area (Å²) in [6.45, 7) is -0.250. The molecule has 0 atom stereocenters. The summed E-state index contributed by atoms with van der Waals surface area (Å²) in [6, 6.07) is 13.1. The van der Waals surface area contributed by atoms with E-state index in [9.17, 15) is 14.3 Å². The molecule has 4 nitrogen and oxygen atoms in total. The molecule has 2 aromatic carbocycles. The molecule has 3 rings (SSSR count). The van der Waals surface area contributed by atoms with Crippen LogP contribution in [-0.2, 0) is 13.2 Å². The molecule has 106 valence electrons. The van der Waals surface area contributed by atoms with Gasteiger partial charge in [0.1, 0.15) is 18.2 Å². The van der Waals surface area contributed by atoms with Crippen molar-refractivity contribution in [1.29, 1.82) is 0 Å². The van der Waals surface area contributed by atoms with E-state index in [1.807, 2.05) is 6.07 Å². The van der Waals surface area contributed by atoms with Crippen molar-refractivity contribution in [2.45, 2.75) is 13.2 Å². The van der Waals surface area contributed by atoms with Crippen molar-refractivity contribution in [3.8, 4) is 0 Å². The van der Waals surface area contributed by atoms with E-state index in [2.05, 4.69) is 4.98 Å². The lowest BCUT2D eigenvalue weighted by atomic mass is 10.1. The van der Waals surface area contributed by atoms with Gasteiger partial charge in [0.05, 0.1) is 17.6 Å². The predicted octanol–water partition coefficient (Wildman–Crippen LogP) is 2.55. The van der Waals surface area contributed by atoms with Crippen LogP contribution < -0.4 is 0 Å². The van der Waals surface area contributed by atoms with E-state index >= 15 is 0 Å². The largest absolute Gasteiger partial charge is 0.388 e. The number of nitrogens with zero attached hydrogens (tertiary/aromatic N) is 2. The van der Waals surface area contributed by atoms with E-state index in [0.717, 1.165) is 0 Å². The lowest BCUT2D eigenvalue weighted by Crippen LogP contribution is -2.13. The monoisotopic (exact) mass is 284 g/mol. The second-order valence-corrected chi connectivity index (χ2v) is 4.69. The fourth-order valence-corrected chi connectivity index (χ4v) is 2.31. The maximum atomic E-state index is 13.2. The first kappa shape index (κ1) is 13.5. The summed E-state index contributed by atoms with van der Waals surface area (Å²) in [5.74, 6) is -0.139. The van der Waals surface area contributed by atoms with Gasteiger partial charge in [-0.3, -0.25) is 4.79 Å². The molecule has 0 aliphatic rings. The van der Waals surface area contributed by atoms with E-state index in [1.165, 1.54) is 12.1 Å². The highest BCUT2D eigenvalue weighted by atomic mass is 19.1. The van der Waals surface area contributed by atoms with Crippen molar-refractivity contribution in [3.63, 3.8) is 0 Å². The summed E-state index contributed by atoms with van der Waals surface area (Å²) >= 11 is 0. The molecule has 0 spiro atoms. The third-order valence-electron chi connectivity index (χ3n) is 3.33. The van der Waals surface area contributed by atoms with Gasteiger partial charge >= 0.3 is 0 Å². The van der Waals surface area contributed by atoms with Crippen molar-refractivity contribution in [2.24, 2.45) is 0 Å². The fraction of sp³-hybridized carbons (Fsp3) is 0.125. The maximum absolute atomic E-state index is 13.2. The lowest BCUT2D eigenvalue weighted by molar-refractivity contribution is 0.0970. The summed E-state index contributed by atoms with van der Waals surface area (Å²) in [7, 11) is 0. The van der Waals surface area contributed by atoms with Crippen molar-refractivity contribution in [1.82, 2.24) is 9.55 Å². The zero-order chi connectivity index (χ0) is 14.8. The Bertz CT molecular complexity index is 797. The van der Waals surface area contributed by atoms with E-state index in [0.29, 0.717) is 22.4 Å². The highest BCUT2D eigenvalue weighted by molar-refractivity contribution is 5.96. The van der Waals surface area contributed by atoms with Gasteiger partial charge < -0.3 is 9.67 Å². The average Bonchev–Trinajstić information content (AvgIpc) is 2.85. The number of carbonyl (C=O) groups excluding carboxylic acids is 1. The molecule has 0 bridgehead atoms. The first-order chi connectivity index (χ1) is 10.2. The zero-order valence-corrected chi connectivity index (χ0v) is 11.2. The number of imidazole rings is 1. The van der Waals surface area contributed by atoms with Crippen LogP contribution in [-0.4, -0.2) is 20.4 Å². The molecule has 1 aromatic heterocycles. The summed E-state index contributed by atoms with van der Waals surface area (Å²) in [5, 5.41) is 9.38. The molecule has 0 amide bonds. The van der Waals surface area contributed by atoms with Crippen LogP contribution in [0.5, 0.6) is 0 Å². The SMILES string of the molecule is O=C(Cn1c(CO)nc2cc(F)ccc21)c1ccccc1. The minimum Gasteiger partial charge on any atom is -0.388 e. The van der Waals surface area contributed by atoms with Gasteiger partial charge in [0.15, 0.2) is 5.78 Å². The minimum absolute atomic E-state index is 0.0576. The molecule has 1 heterocycles. The molecule has 21 heavy (non-hydrogen) atoms. The minimum atomic E-state index is -0.397. The van der Waals surface area contributed by atoms with Crippen LogP contribution in [0.1, 0.15) is 16.2 Å². The number of halogens is 1. The van der Waals surface area contributed by atoms with Gasteiger partial charge in [0.2, 0.25) is 0 Å². The molecule has 0 saturated carbocycles. The Hall–Kier alpha value is -2.53. The number of Topliss-reactive ketones (excluding diaryl/α,β-unsaturated/α-hetero) is 1. The number of aliphatic hydroxyl groups excluding tert-OH is 1. The third kappa shape index (κ3) is 2.55. The number of aromatic nitrogens is 2. The van der Waals surface area contributed by atoms with Gasteiger partial charge in [-0.2, -0.15) is 0 Å². The highest BCUT2D eigenvalue weighted by Gasteiger charge is 2.14. The number of carbonyl (C=O) groups is 1. The van der Waals surface area contributed by atoms with Crippen molar-refractivity contribution < 1.29 is 14.3 Å². The fourth-order valence-electron chi connectivity index (χ4n) is 2.31. The lowest BCUT2D eigenvalue weighted by Gasteiger charge is -2.07. The average molecular weight is 284 g/mol. The molecule has 0 aliphatic carbocycles. The standard InChI is InChI=1S/C16H13FN2O2/c17-12-6-7-14-13(8-12)18-16(10-20)19(14)9-15(21)11-4-2-1-3-5-11/h1-8,20H,9-10H2. The van der Waals surface area contributed by atoms with Crippen LogP contribution in [0.4, 0.5) is 4.39 Å². The van der Waals surface area contributed by atoms with Gasteiger partial charge in [-0.15, -0.1) is 0 Å². The Labute approximate surface area is 120 Å². The van der Waals surface area contributed by atoms with Crippen molar-refractivity contribution in [2.75, 3.05) is 0 Å². The van der Waals surface area contributed by atoms with Crippen LogP contribution >= 0.6 is 0 Å². The molecule has 5 heteroatoms. The normalized spacial score (nSPS) is 11.0. The molecule has 1 N–H and O–H groups in total. The molecule has 0 radical (unpaired) electrons. The molecular weight excluding hydrogens is 271 g/mol. The molecular formula is C16H13FN2O2. The number of aliphatic hydroxyl groups is 1. The van der Waals surface area contributed by atoms with Crippen LogP contribution in [0.3, 0.4) is 0 Å². The Morgan fingerprint density at radius 1 is 1.19 bits per heavy atom. The highest BCUT2D eigenvalue weighted by Crippen LogP contribution is 2.18. The number of ketones is 1. The topological polar surface area (TPSA) is 55.1 Å². The number of rotatable bonds is 4. The van der Waals surface area contributed by atoms with Crippen molar-refractivity contribution >= 4 is 16.8 Å². The van der Waals surface area contributed by atoms with E-state index < -0.39 is 5.82 Å². The molecule has 0 unspecified atom stereocenters.